The van der Waals surface area contributed by atoms with Crippen LogP contribution in [0.2, 0.25) is 0 Å². The van der Waals surface area contributed by atoms with Gasteiger partial charge in [-0.05, 0) is 68.6 Å². The summed E-state index contributed by atoms with van der Waals surface area (Å²) in [6, 6.07) is 13.3. The van der Waals surface area contributed by atoms with Crippen molar-refractivity contribution in [2.24, 2.45) is 0 Å². The summed E-state index contributed by atoms with van der Waals surface area (Å²) >= 11 is 0. The molecule has 4 heteroatoms. The monoisotopic (exact) mass is 347 g/mol. The van der Waals surface area contributed by atoms with Crippen LogP contribution in [0.15, 0.2) is 48.7 Å². The number of likely N-dealkylation sites (tertiary alicyclic amines) is 1. The highest BCUT2D eigenvalue weighted by atomic mass is 16.2. The Hall–Kier alpha value is -2.64. The number of anilines is 1. The number of hydrogen-bond donors (Lipinski definition) is 1. The van der Waals surface area contributed by atoms with E-state index in [1.54, 1.807) is 6.20 Å². The third-order valence-corrected chi connectivity index (χ3v) is 4.56. The molecule has 0 radical (unpaired) electrons. The van der Waals surface area contributed by atoms with E-state index in [-0.39, 0.29) is 11.9 Å². The summed E-state index contributed by atoms with van der Waals surface area (Å²) in [5.74, 6) is 6.25. The molecular weight excluding hydrogens is 322 g/mol. The van der Waals surface area contributed by atoms with Gasteiger partial charge in [-0.3, -0.25) is 9.69 Å². The summed E-state index contributed by atoms with van der Waals surface area (Å²) in [6.45, 7) is 4.16. The number of carbonyl (C=O) groups is 1. The highest BCUT2D eigenvalue weighted by molar-refractivity contribution is 5.95. The van der Waals surface area contributed by atoms with Crippen LogP contribution in [0.4, 0.5) is 5.69 Å². The summed E-state index contributed by atoms with van der Waals surface area (Å²) in [4.78, 5) is 19.3. The maximum absolute atomic E-state index is 12.7. The van der Waals surface area contributed by atoms with Crippen LogP contribution in [0.1, 0.15) is 43.9 Å². The van der Waals surface area contributed by atoms with Crippen molar-refractivity contribution in [1.29, 1.82) is 0 Å². The van der Waals surface area contributed by atoms with Crippen molar-refractivity contribution >= 4 is 11.6 Å². The van der Waals surface area contributed by atoms with E-state index in [2.05, 4.69) is 34.0 Å². The number of nitrogens with zero attached hydrogens (tertiary/aromatic N) is 2. The molecule has 1 aliphatic rings. The molecule has 1 atom stereocenters. The lowest BCUT2D eigenvalue weighted by Gasteiger charge is -2.34. The van der Waals surface area contributed by atoms with Crippen LogP contribution in [-0.4, -0.2) is 34.9 Å². The maximum Gasteiger partial charge on any atom is 0.241 e. The fourth-order valence-electron chi connectivity index (χ4n) is 3.32. The van der Waals surface area contributed by atoms with Gasteiger partial charge in [0.1, 0.15) is 5.69 Å². The molecule has 1 N–H and O–H groups in total. The van der Waals surface area contributed by atoms with Crippen molar-refractivity contribution < 1.29 is 4.79 Å². The Bertz CT molecular complexity index is 790. The molecule has 2 aromatic rings. The van der Waals surface area contributed by atoms with Gasteiger partial charge >= 0.3 is 0 Å². The van der Waals surface area contributed by atoms with E-state index in [0.717, 1.165) is 49.3 Å². The number of amides is 1. The van der Waals surface area contributed by atoms with Gasteiger partial charge in [0.25, 0.3) is 0 Å². The molecule has 1 aromatic carbocycles. The zero-order valence-corrected chi connectivity index (χ0v) is 15.2. The highest BCUT2D eigenvalue weighted by Gasteiger charge is 2.27. The molecule has 1 aromatic heterocycles. The van der Waals surface area contributed by atoms with Gasteiger partial charge in [-0.2, -0.15) is 0 Å². The smallest absolute Gasteiger partial charge is 0.241 e. The molecule has 26 heavy (non-hydrogen) atoms. The third-order valence-electron chi connectivity index (χ3n) is 4.56. The molecule has 1 fully saturated rings. The van der Waals surface area contributed by atoms with Crippen molar-refractivity contribution in [1.82, 2.24) is 9.88 Å². The van der Waals surface area contributed by atoms with E-state index in [1.165, 1.54) is 6.42 Å². The van der Waals surface area contributed by atoms with E-state index in [1.807, 2.05) is 42.5 Å². The second-order valence-corrected chi connectivity index (χ2v) is 6.58. The van der Waals surface area contributed by atoms with Gasteiger partial charge in [-0.1, -0.05) is 31.4 Å². The first kappa shape index (κ1) is 18.2. The Morgan fingerprint density at radius 3 is 2.96 bits per heavy atom. The van der Waals surface area contributed by atoms with Crippen LogP contribution in [-0.2, 0) is 4.79 Å². The Kier molecular flexibility index (Phi) is 6.40. The number of piperidine rings is 1. The average Bonchev–Trinajstić information content (AvgIpc) is 2.68. The zero-order chi connectivity index (χ0) is 18.2. The molecule has 1 unspecified atom stereocenters. The van der Waals surface area contributed by atoms with Gasteiger partial charge in [0, 0.05) is 17.4 Å². The zero-order valence-electron chi connectivity index (χ0n) is 15.2. The van der Waals surface area contributed by atoms with Crippen LogP contribution >= 0.6 is 0 Å². The Morgan fingerprint density at radius 2 is 2.15 bits per heavy atom. The van der Waals surface area contributed by atoms with Gasteiger partial charge in [0.15, 0.2) is 0 Å². The lowest BCUT2D eigenvalue weighted by molar-refractivity contribution is -0.122. The summed E-state index contributed by atoms with van der Waals surface area (Å²) < 4.78 is 0. The maximum atomic E-state index is 12.7. The molecule has 0 spiro atoms. The van der Waals surface area contributed by atoms with Gasteiger partial charge in [0.2, 0.25) is 5.91 Å². The molecule has 1 aliphatic heterocycles. The van der Waals surface area contributed by atoms with Crippen LogP contribution in [0.5, 0.6) is 0 Å². The Morgan fingerprint density at radius 1 is 1.23 bits per heavy atom. The first-order valence-corrected chi connectivity index (χ1v) is 9.34. The normalized spacial score (nSPS) is 17.2. The summed E-state index contributed by atoms with van der Waals surface area (Å²) in [5, 5.41) is 3.07. The lowest BCUT2D eigenvalue weighted by atomic mass is 10.0. The Labute approximate surface area is 155 Å². The molecule has 0 saturated carbocycles. The minimum Gasteiger partial charge on any atom is -0.325 e. The summed E-state index contributed by atoms with van der Waals surface area (Å²) in [6.07, 6.45) is 6.04. The minimum atomic E-state index is -0.0213. The second-order valence-electron chi connectivity index (χ2n) is 6.58. The molecule has 1 saturated heterocycles. The predicted molar refractivity (Wildman–Crippen MR) is 105 cm³/mol. The van der Waals surface area contributed by atoms with Crippen molar-refractivity contribution in [3.05, 3.63) is 59.9 Å². The molecule has 3 rings (SSSR count). The fraction of sp³-hybridized carbons (Fsp3) is 0.364. The number of nitrogens with one attached hydrogen (secondary N) is 1. The van der Waals surface area contributed by atoms with Crippen LogP contribution in [0.3, 0.4) is 0 Å². The fourth-order valence-corrected chi connectivity index (χ4v) is 3.32. The highest BCUT2D eigenvalue weighted by Crippen LogP contribution is 2.19. The standard InChI is InChI=1S/C22H25N3O/c1-2-15-25-16-6-4-11-21(25)22(26)24-20-10-7-8-18(17-20)12-13-19-9-3-5-14-23-19/h3,5,7-10,14,17,21H,2,4,6,11,15-16H2,1H3,(H,24,26). The number of carbonyl (C=O) groups excluding carboxylic acids is 1. The largest absolute Gasteiger partial charge is 0.325 e. The quantitative estimate of drug-likeness (QED) is 0.858. The number of aromatic nitrogens is 1. The van der Waals surface area contributed by atoms with Crippen LogP contribution < -0.4 is 5.32 Å². The van der Waals surface area contributed by atoms with E-state index in [0.29, 0.717) is 0 Å². The van der Waals surface area contributed by atoms with Gasteiger partial charge in [-0.25, -0.2) is 4.98 Å². The van der Waals surface area contributed by atoms with Gasteiger partial charge in [-0.15, -0.1) is 0 Å². The predicted octanol–water partition coefficient (Wildman–Crippen LogP) is 3.68. The lowest BCUT2D eigenvalue weighted by Crippen LogP contribution is -2.47. The van der Waals surface area contributed by atoms with Crippen molar-refractivity contribution in [2.45, 2.75) is 38.6 Å². The van der Waals surface area contributed by atoms with E-state index in [4.69, 9.17) is 0 Å². The Balaban J connectivity index is 1.68. The molecule has 2 heterocycles. The SMILES string of the molecule is CCCN1CCCCC1C(=O)Nc1cccc(C#Cc2ccccn2)c1. The number of pyridine rings is 1. The van der Waals surface area contributed by atoms with E-state index >= 15 is 0 Å². The summed E-state index contributed by atoms with van der Waals surface area (Å²) in [7, 11) is 0. The van der Waals surface area contributed by atoms with Crippen LogP contribution in [0.25, 0.3) is 0 Å². The van der Waals surface area contributed by atoms with Crippen molar-refractivity contribution in [2.75, 3.05) is 18.4 Å². The van der Waals surface area contributed by atoms with E-state index in [9.17, 15) is 4.79 Å². The number of benzene rings is 1. The van der Waals surface area contributed by atoms with Crippen LogP contribution in [0, 0.1) is 11.8 Å². The molecule has 1 amide bonds. The molecular formula is C22H25N3O. The molecule has 0 aliphatic carbocycles. The van der Waals surface area contributed by atoms with Gasteiger partial charge < -0.3 is 5.32 Å². The minimum absolute atomic E-state index is 0.0213. The molecule has 4 nitrogen and oxygen atoms in total. The van der Waals surface area contributed by atoms with Crippen molar-refractivity contribution in [3.63, 3.8) is 0 Å². The molecule has 0 bridgehead atoms. The van der Waals surface area contributed by atoms with E-state index < -0.39 is 0 Å². The van der Waals surface area contributed by atoms with Gasteiger partial charge in [0.05, 0.1) is 6.04 Å². The summed E-state index contributed by atoms with van der Waals surface area (Å²) in [5.41, 5.74) is 2.40. The van der Waals surface area contributed by atoms with Crippen molar-refractivity contribution in [3.8, 4) is 11.8 Å². The number of rotatable bonds is 4. The number of hydrogen-bond acceptors (Lipinski definition) is 3. The second kappa shape index (κ2) is 9.17. The third kappa shape index (κ3) is 4.93. The first-order valence-electron chi connectivity index (χ1n) is 9.34. The average molecular weight is 347 g/mol. The topological polar surface area (TPSA) is 45.2 Å². The first-order chi connectivity index (χ1) is 12.8. The molecule has 134 valence electrons.